The van der Waals surface area contributed by atoms with Crippen molar-refractivity contribution in [3.63, 3.8) is 0 Å². The fraction of sp³-hybridized carbons (Fsp3) is 0.533. The minimum absolute atomic E-state index is 0.0289. The molecule has 1 fully saturated rings. The minimum Gasteiger partial charge on any atom is -0.481 e. The number of aromatic nitrogens is 5. The molecule has 1 aliphatic rings. The first-order chi connectivity index (χ1) is 11.0. The van der Waals surface area contributed by atoms with Crippen molar-refractivity contribution >= 4 is 5.97 Å². The molecule has 2 aromatic heterocycles. The molecule has 1 saturated heterocycles. The second-order valence-corrected chi connectivity index (χ2v) is 6.06. The number of carbonyl (C=O) groups is 1. The summed E-state index contributed by atoms with van der Waals surface area (Å²) < 4.78 is 1.66. The van der Waals surface area contributed by atoms with Crippen LogP contribution in [0.2, 0.25) is 0 Å². The summed E-state index contributed by atoms with van der Waals surface area (Å²) in [5, 5.41) is 17.3. The number of hydrogen-bond acceptors (Lipinski definition) is 6. The zero-order valence-corrected chi connectivity index (χ0v) is 13.3. The van der Waals surface area contributed by atoms with E-state index in [0.717, 1.165) is 23.6 Å². The topological polar surface area (TPSA) is 97.0 Å². The average Bonchev–Trinajstić information content (AvgIpc) is 3.07. The Bertz CT molecular complexity index is 701. The van der Waals surface area contributed by atoms with Gasteiger partial charge in [-0.05, 0) is 12.8 Å². The molecule has 0 amide bonds. The monoisotopic (exact) mass is 316 g/mol. The first-order valence-electron chi connectivity index (χ1n) is 7.59. The number of carboxylic acids is 1. The van der Waals surface area contributed by atoms with E-state index in [9.17, 15) is 9.90 Å². The van der Waals surface area contributed by atoms with Gasteiger partial charge in [-0.15, -0.1) is 5.10 Å². The van der Waals surface area contributed by atoms with Crippen molar-refractivity contribution in [1.29, 1.82) is 0 Å². The molecule has 0 aromatic carbocycles. The third kappa shape index (κ3) is 3.53. The second-order valence-electron chi connectivity index (χ2n) is 6.06. The van der Waals surface area contributed by atoms with Gasteiger partial charge in [-0.2, -0.15) is 0 Å². The Hall–Kier alpha value is -2.35. The standard InChI is InChI=1S/C15H20N6O2/c1-10-13(17-4-3-16-10)9-21-6-11(5-15(22)23)12(7-21)14-8-20(2)19-18-14/h3-4,8,11-12H,5-7,9H2,1-2H3,(H,22,23)/t11-,12+/m0/s1. The van der Waals surface area contributed by atoms with Gasteiger partial charge >= 0.3 is 5.97 Å². The van der Waals surface area contributed by atoms with Crippen LogP contribution in [0.3, 0.4) is 0 Å². The Kier molecular flexibility index (Phi) is 4.33. The largest absolute Gasteiger partial charge is 0.481 e. The smallest absolute Gasteiger partial charge is 0.303 e. The lowest BCUT2D eigenvalue weighted by Gasteiger charge is -2.15. The highest BCUT2D eigenvalue weighted by Gasteiger charge is 2.36. The summed E-state index contributed by atoms with van der Waals surface area (Å²) in [7, 11) is 1.82. The number of aliphatic carboxylic acids is 1. The summed E-state index contributed by atoms with van der Waals surface area (Å²) in [6.07, 6.45) is 5.37. The first-order valence-corrected chi connectivity index (χ1v) is 7.59. The molecule has 1 aliphatic heterocycles. The molecule has 0 unspecified atom stereocenters. The van der Waals surface area contributed by atoms with Gasteiger partial charge in [0.15, 0.2) is 0 Å². The maximum absolute atomic E-state index is 11.2. The van der Waals surface area contributed by atoms with Gasteiger partial charge in [0, 0.05) is 51.2 Å². The molecule has 23 heavy (non-hydrogen) atoms. The van der Waals surface area contributed by atoms with E-state index in [1.165, 1.54) is 0 Å². The lowest BCUT2D eigenvalue weighted by atomic mass is 9.91. The van der Waals surface area contributed by atoms with E-state index in [1.54, 1.807) is 17.1 Å². The summed E-state index contributed by atoms with van der Waals surface area (Å²) in [6.45, 7) is 4.08. The molecule has 0 spiro atoms. The SMILES string of the molecule is Cc1nccnc1CN1C[C@H](CC(=O)O)[C@H](c2cn(C)nn2)C1. The summed E-state index contributed by atoms with van der Waals surface area (Å²) in [5.74, 6) is -0.667. The van der Waals surface area contributed by atoms with E-state index in [2.05, 4.69) is 25.2 Å². The summed E-state index contributed by atoms with van der Waals surface area (Å²) in [6, 6.07) is 0. The van der Waals surface area contributed by atoms with Gasteiger partial charge in [-0.25, -0.2) is 0 Å². The molecule has 2 aromatic rings. The number of hydrogen-bond donors (Lipinski definition) is 1. The molecule has 3 rings (SSSR count). The highest BCUT2D eigenvalue weighted by molar-refractivity contribution is 5.67. The Labute approximate surface area is 134 Å². The number of aryl methyl sites for hydroxylation is 2. The highest BCUT2D eigenvalue weighted by Crippen LogP contribution is 2.34. The van der Waals surface area contributed by atoms with Crippen LogP contribution < -0.4 is 0 Å². The molecular weight excluding hydrogens is 296 g/mol. The maximum Gasteiger partial charge on any atom is 0.303 e. The predicted octanol–water partition coefficient (Wildman–Crippen LogP) is 0.604. The molecule has 0 saturated carbocycles. The molecule has 8 nitrogen and oxygen atoms in total. The van der Waals surface area contributed by atoms with E-state index in [1.807, 2.05) is 20.2 Å². The van der Waals surface area contributed by atoms with Gasteiger partial charge in [0.2, 0.25) is 0 Å². The summed E-state index contributed by atoms with van der Waals surface area (Å²) in [5.41, 5.74) is 2.70. The van der Waals surface area contributed by atoms with Crippen LogP contribution in [0.5, 0.6) is 0 Å². The van der Waals surface area contributed by atoms with Crippen LogP contribution in [0.25, 0.3) is 0 Å². The predicted molar refractivity (Wildman–Crippen MR) is 81.5 cm³/mol. The zero-order valence-electron chi connectivity index (χ0n) is 13.3. The van der Waals surface area contributed by atoms with E-state index in [4.69, 9.17) is 0 Å². The van der Waals surface area contributed by atoms with Crippen molar-refractivity contribution in [2.24, 2.45) is 13.0 Å². The van der Waals surface area contributed by atoms with Crippen LogP contribution in [0.1, 0.15) is 29.4 Å². The first kappa shape index (κ1) is 15.5. The Morgan fingerprint density at radius 2 is 2.13 bits per heavy atom. The van der Waals surface area contributed by atoms with Crippen LogP contribution in [0.15, 0.2) is 18.6 Å². The Morgan fingerprint density at radius 1 is 1.35 bits per heavy atom. The second kappa shape index (κ2) is 6.41. The average molecular weight is 316 g/mol. The van der Waals surface area contributed by atoms with Crippen molar-refractivity contribution in [3.05, 3.63) is 35.7 Å². The number of nitrogens with zero attached hydrogens (tertiary/aromatic N) is 6. The van der Waals surface area contributed by atoms with Crippen LogP contribution in [-0.2, 0) is 18.4 Å². The molecule has 122 valence electrons. The highest BCUT2D eigenvalue weighted by atomic mass is 16.4. The molecular formula is C15H20N6O2. The van der Waals surface area contributed by atoms with Crippen LogP contribution >= 0.6 is 0 Å². The summed E-state index contributed by atoms with van der Waals surface area (Å²) in [4.78, 5) is 22.0. The molecule has 0 aliphatic carbocycles. The summed E-state index contributed by atoms with van der Waals surface area (Å²) >= 11 is 0. The van der Waals surface area contributed by atoms with E-state index in [0.29, 0.717) is 13.1 Å². The lowest BCUT2D eigenvalue weighted by molar-refractivity contribution is -0.138. The fourth-order valence-corrected chi connectivity index (χ4v) is 3.19. The normalized spacial score (nSPS) is 21.7. The molecule has 1 N–H and O–H groups in total. The van der Waals surface area contributed by atoms with Crippen molar-refractivity contribution in [3.8, 4) is 0 Å². The van der Waals surface area contributed by atoms with Gasteiger partial charge in [-0.1, -0.05) is 5.21 Å². The number of likely N-dealkylation sites (tertiary alicyclic amines) is 1. The molecule has 0 bridgehead atoms. The van der Waals surface area contributed by atoms with Crippen molar-refractivity contribution in [2.45, 2.75) is 25.8 Å². The Balaban J connectivity index is 1.77. The van der Waals surface area contributed by atoms with E-state index < -0.39 is 5.97 Å². The number of rotatable bonds is 5. The number of carboxylic acid groups (broad SMARTS) is 1. The van der Waals surface area contributed by atoms with Gasteiger partial charge in [0.05, 0.1) is 23.5 Å². The third-order valence-corrected chi connectivity index (χ3v) is 4.31. The van der Waals surface area contributed by atoms with Crippen molar-refractivity contribution in [1.82, 2.24) is 29.9 Å². The lowest BCUT2D eigenvalue weighted by Crippen LogP contribution is -2.22. The van der Waals surface area contributed by atoms with Crippen LogP contribution in [0, 0.1) is 12.8 Å². The fourth-order valence-electron chi connectivity index (χ4n) is 3.19. The van der Waals surface area contributed by atoms with E-state index >= 15 is 0 Å². The molecule has 0 radical (unpaired) electrons. The van der Waals surface area contributed by atoms with E-state index in [-0.39, 0.29) is 18.3 Å². The Morgan fingerprint density at radius 3 is 2.78 bits per heavy atom. The zero-order chi connectivity index (χ0) is 16.4. The van der Waals surface area contributed by atoms with Crippen LogP contribution in [0.4, 0.5) is 0 Å². The third-order valence-electron chi connectivity index (χ3n) is 4.31. The van der Waals surface area contributed by atoms with Crippen molar-refractivity contribution in [2.75, 3.05) is 13.1 Å². The van der Waals surface area contributed by atoms with Gasteiger partial charge < -0.3 is 5.11 Å². The molecule has 2 atom stereocenters. The van der Waals surface area contributed by atoms with Crippen LogP contribution in [-0.4, -0.2) is 54.0 Å². The molecule has 8 heteroatoms. The maximum atomic E-state index is 11.2. The van der Waals surface area contributed by atoms with Gasteiger partial charge in [-0.3, -0.25) is 24.3 Å². The van der Waals surface area contributed by atoms with Gasteiger partial charge in [0.25, 0.3) is 0 Å². The quantitative estimate of drug-likeness (QED) is 0.863. The minimum atomic E-state index is -0.776. The van der Waals surface area contributed by atoms with Crippen molar-refractivity contribution < 1.29 is 9.90 Å². The van der Waals surface area contributed by atoms with Gasteiger partial charge in [0.1, 0.15) is 0 Å². The molecule has 3 heterocycles.